The third-order valence-corrected chi connectivity index (χ3v) is 7.03. The van der Waals surface area contributed by atoms with Gasteiger partial charge in [0.2, 0.25) is 5.91 Å². The number of H-pyrrole nitrogens is 1. The lowest BCUT2D eigenvalue weighted by atomic mass is 9.73. The number of aromatic nitrogens is 2. The average Bonchev–Trinajstić information content (AvgIpc) is 3.34. The van der Waals surface area contributed by atoms with E-state index >= 15 is 0 Å². The van der Waals surface area contributed by atoms with Crippen LogP contribution in [0.25, 0.3) is 0 Å². The van der Waals surface area contributed by atoms with Crippen LogP contribution in [0.5, 0.6) is 11.5 Å². The van der Waals surface area contributed by atoms with Gasteiger partial charge in [-0.25, -0.2) is 4.98 Å². The Balaban J connectivity index is 1.70. The molecule has 6 nitrogen and oxygen atoms in total. The number of hydrogen-bond donors (Lipinski definition) is 1. The number of nitrogens with one attached hydrogen (secondary N) is 1. The Morgan fingerprint density at radius 2 is 2.04 bits per heavy atom. The molecule has 5 rings (SSSR count). The van der Waals surface area contributed by atoms with E-state index in [4.69, 9.17) is 9.47 Å². The van der Waals surface area contributed by atoms with Crippen molar-refractivity contribution in [1.82, 2.24) is 14.9 Å². The van der Waals surface area contributed by atoms with Crippen molar-refractivity contribution >= 4 is 5.91 Å². The monoisotopic (exact) mass is 367 g/mol. The number of nitrogens with zero attached hydrogens (tertiary/aromatic N) is 2. The van der Waals surface area contributed by atoms with Crippen molar-refractivity contribution < 1.29 is 14.3 Å². The summed E-state index contributed by atoms with van der Waals surface area (Å²) in [6.45, 7) is 3.08. The van der Waals surface area contributed by atoms with Crippen molar-refractivity contribution in [1.29, 1.82) is 0 Å². The van der Waals surface area contributed by atoms with E-state index in [9.17, 15) is 4.79 Å². The molecule has 1 saturated carbocycles. The van der Waals surface area contributed by atoms with Crippen LogP contribution < -0.4 is 9.47 Å². The Kier molecular flexibility index (Phi) is 3.55. The van der Waals surface area contributed by atoms with Gasteiger partial charge >= 0.3 is 0 Å². The molecule has 3 heterocycles. The maximum atomic E-state index is 13.0. The van der Waals surface area contributed by atoms with Gasteiger partial charge in [-0.2, -0.15) is 0 Å². The molecular formula is C21H25N3O3. The topological polar surface area (TPSA) is 67.5 Å². The highest BCUT2D eigenvalue weighted by atomic mass is 16.5. The molecule has 2 aromatic rings. The van der Waals surface area contributed by atoms with Gasteiger partial charge in [0, 0.05) is 36.7 Å². The van der Waals surface area contributed by atoms with E-state index in [1.54, 1.807) is 20.5 Å². The van der Waals surface area contributed by atoms with Crippen molar-refractivity contribution in [3.8, 4) is 11.5 Å². The Labute approximate surface area is 158 Å². The number of aromatic amines is 1. The molecule has 1 saturated heterocycles. The third-order valence-electron chi connectivity index (χ3n) is 7.03. The molecule has 142 valence electrons. The van der Waals surface area contributed by atoms with Crippen molar-refractivity contribution in [2.75, 3.05) is 20.8 Å². The van der Waals surface area contributed by atoms with Crippen LogP contribution in [0.15, 0.2) is 24.7 Å². The highest BCUT2D eigenvalue weighted by Gasteiger charge is 2.64. The van der Waals surface area contributed by atoms with Gasteiger partial charge in [-0.1, -0.05) is 6.92 Å². The fraction of sp³-hybridized carbons (Fsp3) is 0.524. The molecule has 27 heavy (non-hydrogen) atoms. The first-order chi connectivity index (χ1) is 13.1. The molecule has 0 unspecified atom stereocenters. The van der Waals surface area contributed by atoms with Crippen LogP contribution in [0.2, 0.25) is 0 Å². The fourth-order valence-electron chi connectivity index (χ4n) is 6.10. The van der Waals surface area contributed by atoms with Crippen LogP contribution in [-0.4, -0.2) is 41.5 Å². The van der Waals surface area contributed by atoms with Crippen LogP contribution in [-0.2, 0) is 16.8 Å². The SMILES string of the molecule is COc1cc2c(cc1OC)[C@@]13C[C@H](C)[C@@H](c4cnc[nH]4)[C@@H]1CC(=O)N3CC2. The lowest BCUT2D eigenvalue weighted by Crippen LogP contribution is -2.49. The number of rotatable bonds is 3. The van der Waals surface area contributed by atoms with Crippen LogP contribution in [0, 0.1) is 11.8 Å². The summed E-state index contributed by atoms with van der Waals surface area (Å²) in [5, 5.41) is 0. The average molecular weight is 367 g/mol. The number of imidazole rings is 1. The second kappa shape index (κ2) is 5.75. The minimum atomic E-state index is -0.251. The van der Waals surface area contributed by atoms with Gasteiger partial charge in [0.1, 0.15) is 0 Å². The van der Waals surface area contributed by atoms with Crippen molar-refractivity contribution in [3.63, 3.8) is 0 Å². The molecule has 6 heteroatoms. The first-order valence-electron chi connectivity index (χ1n) is 9.64. The zero-order valence-electron chi connectivity index (χ0n) is 16.0. The summed E-state index contributed by atoms with van der Waals surface area (Å²) < 4.78 is 11.1. The van der Waals surface area contributed by atoms with Crippen LogP contribution in [0.4, 0.5) is 0 Å². The summed E-state index contributed by atoms with van der Waals surface area (Å²) in [5.41, 5.74) is 3.42. The zero-order valence-corrected chi connectivity index (χ0v) is 16.0. The van der Waals surface area contributed by atoms with E-state index in [-0.39, 0.29) is 17.4 Å². The Hall–Kier alpha value is -2.50. The van der Waals surface area contributed by atoms with Gasteiger partial charge in [-0.05, 0) is 42.0 Å². The lowest BCUT2D eigenvalue weighted by Gasteiger charge is -2.45. The lowest BCUT2D eigenvalue weighted by molar-refractivity contribution is -0.132. The summed E-state index contributed by atoms with van der Waals surface area (Å²) in [6, 6.07) is 4.22. The van der Waals surface area contributed by atoms with Gasteiger partial charge in [-0.3, -0.25) is 4.79 Å². The van der Waals surface area contributed by atoms with E-state index in [0.717, 1.165) is 36.6 Å². The maximum Gasteiger partial charge on any atom is 0.223 e. The number of ether oxygens (including phenoxy) is 2. The fourth-order valence-corrected chi connectivity index (χ4v) is 6.10. The second-order valence-electron chi connectivity index (χ2n) is 8.11. The zero-order chi connectivity index (χ0) is 18.8. The molecule has 2 aliphatic heterocycles. The van der Waals surface area contributed by atoms with E-state index in [2.05, 4.69) is 33.9 Å². The maximum absolute atomic E-state index is 13.0. The normalized spacial score (nSPS) is 31.4. The Morgan fingerprint density at radius 1 is 1.26 bits per heavy atom. The number of methoxy groups -OCH3 is 2. The number of carbonyl (C=O) groups is 1. The van der Waals surface area contributed by atoms with E-state index in [1.807, 2.05) is 6.20 Å². The number of benzene rings is 1. The summed E-state index contributed by atoms with van der Waals surface area (Å²) >= 11 is 0. The van der Waals surface area contributed by atoms with Gasteiger partial charge in [0.05, 0.1) is 26.1 Å². The first kappa shape index (κ1) is 16.7. The standard InChI is InChI=1S/C21H25N3O3/c1-12-9-21-14-7-18(27-3)17(26-2)6-13(14)4-5-24(21)19(25)8-15(21)20(12)16-10-22-11-23-16/h6-7,10-12,15,20H,4-5,8-9H2,1-3H3,(H,22,23)/t12-,15-,20+,21-/m0/s1. The minimum Gasteiger partial charge on any atom is -0.493 e. The highest BCUT2D eigenvalue weighted by Crippen LogP contribution is 2.63. The van der Waals surface area contributed by atoms with Crippen molar-refractivity contribution in [3.05, 3.63) is 41.5 Å². The van der Waals surface area contributed by atoms with E-state index in [1.165, 1.54) is 11.1 Å². The number of carbonyl (C=O) groups excluding carboxylic acids is 1. The van der Waals surface area contributed by atoms with Gasteiger partial charge in [0.15, 0.2) is 11.5 Å². The molecular weight excluding hydrogens is 342 g/mol. The largest absolute Gasteiger partial charge is 0.493 e. The summed E-state index contributed by atoms with van der Waals surface area (Å²) in [4.78, 5) is 22.7. The Bertz CT molecular complexity index is 894. The second-order valence-corrected chi connectivity index (χ2v) is 8.11. The van der Waals surface area contributed by atoms with Gasteiger partial charge in [0.25, 0.3) is 0 Å². The predicted octanol–water partition coefficient (Wildman–Crippen LogP) is 2.85. The van der Waals surface area contributed by atoms with Crippen LogP contribution in [0.1, 0.15) is 42.5 Å². The van der Waals surface area contributed by atoms with E-state index < -0.39 is 0 Å². The minimum absolute atomic E-state index is 0.248. The number of amides is 1. The quantitative estimate of drug-likeness (QED) is 0.906. The molecule has 1 aromatic carbocycles. The Morgan fingerprint density at radius 3 is 2.74 bits per heavy atom. The van der Waals surface area contributed by atoms with Gasteiger partial charge in [-0.15, -0.1) is 0 Å². The molecule has 1 amide bonds. The summed E-state index contributed by atoms with van der Waals surface area (Å²) in [5.74, 6) is 2.79. The van der Waals surface area contributed by atoms with Gasteiger partial charge < -0.3 is 19.4 Å². The molecule has 2 fully saturated rings. The number of fused-ring (bicyclic) bond motifs is 1. The molecule has 1 spiro atoms. The van der Waals surface area contributed by atoms with Crippen LogP contribution in [0.3, 0.4) is 0 Å². The molecule has 3 aliphatic rings. The highest BCUT2D eigenvalue weighted by molar-refractivity contribution is 5.82. The van der Waals surface area contributed by atoms with Crippen molar-refractivity contribution in [2.24, 2.45) is 11.8 Å². The van der Waals surface area contributed by atoms with E-state index in [0.29, 0.717) is 18.3 Å². The molecule has 1 N–H and O–H groups in total. The van der Waals surface area contributed by atoms with Crippen LogP contribution >= 0.6 is 0 Å². The first-order valence-corrected chi connectivity index (χ1v) is 9.64. The molecule has 0 radical (unpaired) electrons. The summed E-state index contributed by atoms with van der Waals surface area (Å²) in [6.07, 6.45) is 6.09. The third kappa shape index (κ3) is 2.07. The molecule has 4 atom stereocenters. The molecule has 1 aromatic heterocycles. The summed E-state index contributed by atoms with van der Waals surface area (Å²) in [7, 11) is 3.34. The predicted molar refractivity (Wildman–Crippen MR) is 99.9 cm³/mol. The smallest absolute Gasteiger partial charge is 0.223 e. The molecule has 1 aliphatic carbocycles. The van der Waals surface area contributed by atoms with Crippen molar-refractivity contribution in [2.45, 2.75) is 37.6 Å². The number of hydrogen-bond acceptors (Lipinski definition) is 4. The molecule has 0 bridgehead atoms.